The third-order valence-electron chi connectivity index (χ3n) is 2.94. The van der Waals surface area contributed by atoms with Gasteiger partial charge < -0.3 is 19.4 Å². The van der Waals surface area contributed by atoms with E-state index in [1.54, 1.807) is 0 Å². The minimum atomic E-state index is -3.57. The lowest BCUT2D eigenvalue weighted by atomic mass is 10.2. The van der Waals surface area contributed by atoms with Gasteiger partial charge in [0.15, 0.2) is 17.3 Å². The highest BCUT2D eigenvalue weighted by molar-refractivity contribution is 7.92. The van der Waals surface area contributed by atoms with E-state index in [1.807, 2.05) is 0 Å². The molecule has 25 heavy (non-hydrogen) atoms. The van der Waals surface area contributed by atoms with E-state index in [0.29, 0.717) is 6.07 Å². The molecule has 0 bridgehead atoms. The fraction of sp³-hybridized carbons (Fsp3) is 0.143. The summed E-state index contributed by atoms with van der Waals surface area (Å²) in [5, 5.41) is 17.9. The van der Waals surface area contributed by atoms with Crippen LogP contribution in [0.25, 0.3) is 0 Å². The molecule has 0 amide bonds. The van der Waals surface area contributed by atoms with Crippen molar-refractivity contribution in [3.63, 3.8) is 0 Å². The van der Waals surface area contributed by atoms with Crippen molar-refractivity contribution in [2.45, 2.75) is 6.92 Å². The minimum absolute atomic E-state index is 0.0735. The third kappa shape index (κ3) is 5.31. The normalized spacial score (nSPS) is 11.1. The second-order valence-electron chi connectivity index (χ2n) is 4.79. The first-order valence-corrected chi connectivity index (χ1v) is 8.65. The summed E-state index contributed by atoms with van der Waals surface area (Å²) in [7, 11) is -5.80. The van der Waals surface area contributed by atoms with E-state index in [9.17, 15) is 17.2 Å². The summed E-state index contributed by atoms with van der Waals surface area (Å²) in [6.45, 7) is 1.44. The highest BCUT2D eigenvalue weighted by atomic mass is 32.2. The molecule has 0 saturated heterocycles. The Morgan fingerprint density at radius 2 is 1.76 bits per heavy atom. The second-order valence-corrected chi connectivity index (χ2v) is 6.80. The number of nitrogens with one attached hydrogen (secondary N) is 1. The molecule has 0 aliphatic carbocycles. The number of sulfonamides is 1. The van der Waals surface area contributed by atoms with E-state index in [2.05, 4.69) is 4.72 Å². The van der Waals surface area contributed by atoms with Crippen LogP contribution >= 0.6 is 0 Å². The smallest absolute Gasteiger partial charge is 0.509 e. The molecule has 2 aromatic carbocycles. The average Bonchev–Trinajstić information content (AvgIpc) is 2.51. The highest BCUT2D eigenvalue weighted by Gasteiger charge is 2.18. The Kier molecular flexibility index (Phi) is 5.83. The molecule has 11 heteroatoms. The predicted molar refractivity (Wildman–Crippen MR) is 86.8 cm³/mol. The van der Waals surface area contributed by atoms with Crippen molar-refractivity contribution in [3.05, 3.63) is 48.0 Å². The Morgan fingerprint density at radius 3 is 2.36 bits per heavy atom. The van der Waals surface area contributed by atoms with E-state index in [1.165, 1.54) is 19.1 Å². The summed E-state index contributed by atoms with van der Waals surface area (Å²) in [5.41, 5.74) is 0.0735. The number of hydrogen-bond acceptors (Lipinski definition) is 6. The zero-order valence-electron chi connectivity index (χ0n) is 12.9. The van der Waals surface area contributed by atoms with Crippen LogP contribution in [-0.4, -0.2) is 31.5 Å². The molecule has 0 saturated carbocycles. The van der Waals surface area contributed by atoms with Crippen LogP contribution in [0, 0.1) is 11.6 Å². The van der Waals surface area contributed by atoms with Crippen molar-refractivity contribution in [1.29, 1.82) is 0 Å². The summed E-state index contributed by atoms with van der Waals surface area (Å²) in [6, 6.07) is 6.29. The average molecular weight is 373 g/mol. The quantitative estimate of drug-likeness (QED) is 0.640. The zero-order valence-corrected chi connectivity index (χ0v) is 13.8. The van der Waals surface area contributed by atoms with Crippen molar-refractivity contribution in [2.75, 3.05) is 10.5 Å². The van der Waals surface area contributed by atoms with Gasteiger partial charge in [-0.3, -0.25) is 4.72 Å². The minimum Gasteiger partial charge on any atom is -0.509 e. The Morgan fingerprint density at radius 1 is 1.08 bits per heavy atom. The molecule has 7 nitrogen and oxygen atoms in total. The summed E-state index contributed by atoms with van der Waals surface area (Å²) < 4.78 is 62.0. The van der Waals surface area contributed by atoms with E-state index < -0.39 is 29.0 Å². The van der Waals surface area contributed by atoms with Crippen molar-refractivity contribution in [2.24, 2.45) is 0 Å². The van der Waals surface area contributed by atoms with E-state index >= 15 is 0 Å². The molecule has 0 radical (unpaired) electrons. The van der Waals surface area contributed by atoms with E-state index in [-0.39, 0.29) is 28.7 Å². The van der Waals surface area contributed by atoms with Gasteiger partial charge in [-0.2, -0.15) is 0 Å². The molecule has 0 atom stereocenters. The monoisotopic (exact) mass is 373 g/mol. The summed E-state index contributed by atoms with van der Waals surface area (Å²) in [5.74, 6) is -2.69. The topological polar surface area (TPSA) is 105 Å². The van der Waals surface area contributed by atoms with Crippen LogP contribution in [0.2, 0.25) is 0 Å². The maximum absolute atomic E-state index is 13.7. The Balaban J connectivity index is 2.36. The molecule has 134 valence electrons. The Labute approximate surface area is 143 Å². The van der Waals surface area contributed by atoms with E-state index in [0.717, 1.165) is 18.2 Å². The lowest BCUT2D eigenvalue weighted by Crippen LogP contribution is -2.21. The number of rotatable bonds is 7. The van der Waals surface area contributed by atoms with Gasteiger partial charge >= 0.3 is 7.32 Å². The van der Waals surface area contributed by atoms with Gasteiger partial charge in [-0.05, 0) is 31.2 Å². The standard InChI is InChI=1S/C14H14BF2NO6S/c1-2-25(21,22)18-10-4-6-13(14(8-10)24-15(19)20)23-12-5-3-9(16)7-11(12)17/h3-8,18-20H,2H2,1H3. The van der Waals surface area contributed by atoms with Gasteiger partial charge in [0.25, 0.3) is 0 Å². The first-order valence-electron chi connectivity index (χ1n) is 7.00. The van der Waals surface area contributed by atoms with Crippen LogP contribution in [-0.2, 0) is 10.0 Å². The molecule has 0 aliphatic heterocycles. The van der Waals surface area contributed by atoms with Crippen LogP contribution in [0.3, 0.4) is 0 Å². The number of hydrogen-bond donors (Lipinski definition) is 3. The first-order chi connectivity index (χ1) is 11.7. The highest BCUT2D eigenvalue weighted by Crippen LogP contribution is 2.35. The van der Waals surface area contributed by atoms with E-state index in [4.69, 9.17) is 19.4 Å². The van der Waals surface area contributed by atoms with Crippen molar-refractivity contribution in [1.82, 2.24) is 0 Å². The third-order valence-corrected chi connectivity index (χ3v) is 4.25. The Hall–Kier alpha value is -2.37. The van der Waals surface area contributed by atoms with Crippen molar-refractivity contribution in [3.8, 4) is 17.2 Å². The van der Waals surface area contributed by atoms with Gasteiger partial charge in [0.05, 0.1) is 11.4 Å². The number of halogens is 2. The lowest BCUT2D eigenvalue weighted by molar-refractivity contribution is 0.282. The van der Waals surface area contributed by atoms with Crippen molar-refractivity contribution >= 4 is 23.0 Å². The Bertz CT molecular complexity index is 862. The molecule has 0 spiro atoms. The number of ether oxygens (including phenoxy) is 1. The van der Waals surface area contributed by atoms with Gasteiger partial charge in [-0.25, -0.2) is 17.2 Å². The first kappa shape index (κ1) is 19.0. The molecule has 2 aromatic rings. The van der Waals surface area contributed by atoms with Crippen LogP contribution in [0.15, 0.2) is 36.4 Å². The summed E-state index contributed by atoms with van der Waals surface area (Å²) >= 11 is 0. The maximum Gasteiger partial charge on any atom is 0.707 e. The fourth-order valence-corrected chi connectivity index (χ4v) is 2.42. The van der Waals surface area contributed by atoms with Crippen LogP contribution in [0.1, 0.15) is 6.92 Å². The second kappa shape index (κ2) is 7.68. The predicted octanol–water partition coefficient (Wildman–Crippen LogP) is 1.87. The number of anilines is 1. The van der Waals surface area contributed by atoms with Gasteiger partial charge in [0, 0.05) is 12.1 Å². The summed E-state index contributed by atoms with van der Waals surface area (Å²) in [6.07, 6.45) is 0. The van der Waals surface area contributed by atoms with Gasteiger partial charge in [0.1, 0.15) is 11.6 Å². The SMILES string of the molecule is CCS(=O)(=O)Nc1ccc(Oc2ccc(F)cc2F)c(OB(O)O)c1. The van der Waals surface area contributed by atoms with Gasteiger partial charge in [0.2, 0.25) is 10.0 Å². The molecule has 0 unspecified atom stereocenters. The lowest BCUT2D eigenvalue weighted by Gasteiger charge is -2.15. The van der Waals surface area contributed by atoms with Crippen LogP contribution < -0.4 is 14.1 Å². The van der Waals surface area contributed by atoms with Crippen molar-refractivity contribution < 1.29 is 36.6 Å². The molecule has 2 rings (SSSR count). The number of benzene rings is 2. The molecule has 3 N–H and O–H groups in total. The molecular formula is C14H14BF2NO6S. The molecule has 0 aromatic heterocycles. The van der Waals surface area contributed by atoms with Gasteiger partial charge in [-0.15, -0.1) is 0 Å². The fourth-order valence-electron chi connectivity index (χ4n) is 1.79. The van der Waals surface area contributed by atoms with Crippen LogP contribution in [0.5, 0.6) is 17.2 Å². The van der Waals surface area contributed by atoms with Crippen LogP contribution in [0.4, 0.5) is 14.5 Å². The summed E-state index contributed by atoms with van der Waals surface area (Å²) in [4.78, 5) is 0. The largest absolute Gasteiger partial charge is 0.707 e. The molecule has 0 fully saturated rings. The van der Waals surface area contributed by atoms with Gasteiger partial charge in [-0.1, -0.05) is 0 Å². The molecule has 0 aliphatic rings. The zero-order chi connectivity index (χ0) is 18.6. The molecule has 0 heterocycles. The maximum atomic E-state index is 13.7. The molecular weight excluding hydrogens is 359 g/mol.